The second kappa shape index (κ2) is 7.25. The molecule has 0 radical (unpaired) electrons. The summed E-state index contributed by atoms with van der Waals surface area (Å²) in [5.74, 6) is 0. The van der Waals surface area contributed by atoms with Crippen molar-refractivity contribution in [2.24, 2.45) is 0 Å². The number of rotatable bonds is 5. The van der Waals surface area contributed by atoms with E-state index in [1.807, 2.05) is 49.4 Å². The van der Waals surface area contributed by atoms with Crippen molar-refractivity contribution in [1.82, 2.24) is 0 Å². The summed E-state index contributed by atoms with van der Waals surface area (Å²) in [4.78, 5) is 1.47. The standard InChI is InChI=1S/C21H23NO2S2/c1-5-19-16(3)25-21(20(19)17-9-7-6-8-10-17)22(4)26(23,24)18-13-11-15(2)12-14-18/h6-14H,5H2,1-4H3. The van der Waals surface area contributed by atoms with E-state index in [1.54, 1.807) is 19.2 Å². The molecule has 136 valence electrons. The third-order valence-electron chi connectivity index (χ3n) is 4.57. The summed E-state index contributed by atoms with van der Waals surface area (Å²) < 4.78 is 27.8. The molecule has 0 saturated carbocycles. The monoisotopic (exact) mass is 385 g/mol. The van der Waals surface area contributed by atoms with Crippen LogP contribution in [0.5, 0.6) is 0 Å². The quantitative estimate of drug-likeness (QED) is 0.588. The average molecular weight is 386 g/mol. The molecule has 2 aromatic carbocycles. The van der Waals surface area contributed by atoms with E-state index in [-0.39, 0.29) is 0 Å². The zero-order chi connectivity index (χ0) is 18.9. The highest BCUT2D eigenvalue weighted by atomic mass is 32.2. The van der Waals surface area contributed by atoms with Crippen LogP contribution >= 0.6 is 11.3 Å². The Morgan fingerprint density at radius 1 is 0.962 bits per heavy atom. The molecule has 0 bridgehead atoms. The summed E-state index contributed by atoms with van der Waals surface area (Å²) >= 11 is 1.54. The first kappa shape index (κ1) is 18.7. The van der Waals surface area contributed by atoms with E-state index in [1.165, 1.54) is 21.2 Å². The van der Waals surface area contributed by atoms with Crippen LogP contribution < -0.4 is 4.31 Å². The van der Waals surface area contributed by atoms with Gasteiger partial charge >= 0.3 is 0 Å². The number of thiophene rings is 1. The molecule has 3 rings (SSSR count). The molecule has 0 atom stereocenters. The van der Waals surface area contributed by atoms with Gasteiger partial charge in [0.1, 0.15) is 5.00 Å². The summed E-state index contributed by atoms with van der Waals surface area (Å²) in [6.07, 6.45) is 0.866. The number of hydrogen-bond acceptors (Lipinski definition) is 3. The second-order valence-corrected chi connectivity index (χ2v) is 9.49. The van der Waals surface area contributed by atoms with Gasteiger partial charge in [0.2, 0.25) is 0 Å². The van der Waals surface area contributed by atoms with Crippen molar-refractivity contribution in [2.75, 3.05) is 11.4 Å². The number of benzene rings is 2. The van der Waals surface area contributed by atoms with Gasteiger partial charge in [-0.15, -0.1) is 11.3 Å². The van der Waals surface area contributed by atoms with Crippen LogP contribution in [0.1, 0.15) is 22.9 Å². The topological polar surface area (TPSA) is 37.4 Å². The zero-order valence-corrected chi connectivity index (χ0v) is 17.1. The van der Waals surface area contributed by atoms with E-state index < -0.39 is 10.0 Å². The minimum absolute atomic E-state index is 0.314. The summed E-state index contributed by atoms with van der Waals surface area (Å²) in [5, 5.41) is 0.770. The molecule has 0 aliphatic carbocycles. The molecule has 0 aliphatic heterocycles. The first-order chi connectivity index (χ1) is 12.4. The fourth-order valence-electron chi connectivity index (χ4n) is 3.09. The molecule has 0 spiro atoms. The molecule has 0 amide bonds. The van der Waals surface area contributed by atoms with Crippen LogP contribution in [0.25, 0.3) is 11.1 Å². The maximum absolute atomic E-state index is 13.2. The number of anilines is 1. The van der Waals surface area contributed by atoms with Crippen molar-refractivity contribution in [3.05, 3.63) is 70.6 Å². The summed E-state index contributed by atoms with van der Waals surface area (Å²) in [7, 11) is -1.96. The number of sulfonamides is 1. The molecule has 1 aromatic heterocycles. The van der Waals surface area contributed by atoms with Gasteiger partial charge in [0, 0.05) is 17.5 Å². The molecule has 26 heavy (non-hydrogen) atoms. The fraction of sp³-hybridized carbons (Fsp3) is 0.238. The van der Waals surface area contributed by atoms with Crippen molar-refractivity contribution in [3.8, 4) is 11.1 Å². The fourth-order valence-corrected chi connectivity index (χ4v) is 5.73. The minimum Gasteiger partial charge on any atom is -0.259 e. The van der Waals surface area contributed by atoms with E-state index in [0.29, 0.717) is 4.90 Å². The van der Waals surface area contributed by atoms with Crippen LogP contribution in [0.3, 0.4) is 0 Å². The van der Waals surface area contributed by atoms with Crippen LogP contribution in [0.15, 0.2) is 59.5 Å². The van der Waals surface area contributed by atoms with Crippen LogP contribution in [0.4, 0.5) is 5.00 Å². The van der Waals surface area contributed by atoms with Gasteiger partial charge in [0.25, 0.3) is 10.0 Å². The molecule has 1 heterocycles. The van der Waals surface area contributed by atoms with Gasteiger partial charge in [-0.2, -0.15) is 0 Å². The molecule has 0 saturated heterocycles. The van der Waals surface area contributed by atoms with Crippen LogP contribution in [-0.2, 0) is 16.4 Å². The Labute approximate surface area is 160 Å². The SMILES string of the molecule is CCc1c(C)sc(N(C)S(=O)(=O)c2ccc(C)cc2)c1-c1ccccc1. The van der Waals surface area contributed by atoms with Gasteiger partial charge in [-0.25, -0.2) is 8.42 Å². The minimum atomic E-state index is -3.61. The smallest absolute Gasteiger partial charge is 0.259 e. The molecule has 0 aliphatic rings. The molecular formula is C21H23NO2S2. The molecule has 0 unspecified atom stereocenters. The molecule has 5 heteroatoms. The first-order valence-corrected chi connectivity index (χ1v) is 10.8. The van der Waals surface area contributed by atoms with Crippen molar-refractivity contribution in [3.63, 3.8) is 0 Å². The lowest BCUT2D eigenvalue weighted by Gasteiger charge is -2.20. The van der Waals surface area contributed by atoms with Gasteiger partial charge < -0.3 is 0 Å². The Bertz CT molecular complexity index is 1000. The lowest BCUT2D eigenvalue weighted by Crippen LogP contribution is -2.26. The Morgan fingerprint density at radius 3 is 2.15 bits per heavy atom. The van der Waals surface area contributed by atoms with Crippen molar-refractivity contribution in [1.29, 1.82) is 0 Å². The van der Waals surface area contributed by atoms with E-state index in [4.69, 9.17) is 0 Å². The zero-order valence-electron chi connectivity index (χ0n) is 15.5. The molecule has 0 N–H and O–H groups in total. The molecule has 0 fully saturated rings. The maximum atomic E-state index is 13.2. The van der Waals surface area contributed by atoms with Crippen molar-refractivity contribution < 1.29 is 8.42 Å². The summed E-state index contributed by atoms with van der Waals surface area (Å²) in [5.41, 5.74) is 4.32. The Kier molecular flexibility index (Phi) is 5.21. The summed E-state index contributed by atoms with van der Waals surface area (Å²) in [6, 6.07) is 17.0. The van der Waals surface area contributed by atoms with Crippen LogP contribution in [0, 0.1) is 13.8 Å². The van der Waals surface area contributed by atoms with E-state index in [2.05, 4.69) is 13.8 Å². The molecule has 3 nitrogen and oxygen atoms in total. The number of hydrogen-bond donors (Lipinski definition) is 0. The Morgan fingerprint density at radius 2 is 1.58 bits per heavy atom. The third kappa shape index (κ3) is 3.29. The largest absolute Gasteiger partial charge is 0.264 e. The van der Waals surface area contributed by atoms with E-state index >= 15 is 0 Å². The predicted octanol–water partition coefficient (Wildman–Crippen LogP) is 5.42. The Balaban J connectivity index is 2.16. The maximum Gasteiger partial charge on any atom is 0.264 e. The van der Waals surface area contributed by atoms with Crippen molar-refractivity contribution >= 4 is 26.4 Å². The second-order valence-electron chi connectivity index (χ2n) is 6.32. The predicted molar refractivity (Wildman–Crippen MR) is 111 cm³/mol. The van der Waals surface area contributed by atoms with Gasteiger partial charge in [-0.1, -0.05) is 55.0 Å². The lowest BCUT2D eigenvalue weighted by molar-refractivity contribution is 0.594. The number of aryl methyl sites for hydroxylation is 2. The first-order valence-electron chi connectivity index (χ1n) is 8.59. The van der Waals surface area contributed by atoms with Crippen molar-refractivity contribution in [2.45, 2.75) is 32.1 Å². The van der Waals surface area contributed by atoms with Gasteiger partial charge in [0.15, 0.2) is 0 Å². The van der Waals surface area contributed by atoms with E-state index in [0.717, 1.165) is 33.0 Å². The molecular weight excluding hydrogens is 362 g/mol. The van der Waals surface area contributed by atoms with Gasteiger partial charge in [-0.05, 0) is 43.5 Å². The van der Waals surface area contributed by atoms with E-state index in [9.17, 15) is 8.42 Å². The highest BCUT2D eigenvalue weighted by molar-refractivity contribution is 7.93. The third-order valence-corrected chi connectivity index (χ3v) is 7.68. The highest BCUT2D eigenvalue weighted by Gasteiger charge is 2.27. The number of nitrogens with zero attached hydrogens (tertiary/aromatic N) is 1. The van der Waals surface area contributed by atoms with Gasteiger partial charge in [-0.3, -0.25) is 4.31 Å². The Hall–Kier alpha value is -2.11. The average Bonchev–Trinajstić information content (AvgIpc) is 2.98. The molecule has 3 aromatic rings. The van der Waals surface area contributed by atoms with Crippen LogP contribution in [0.2, 0.25) is 0 Å². The summed E-state index contributed by atoms with van der Waals surface area (Å²) in [6.45, 7) is 6.12. The normalized spacial score (nSPS) is 11.5. The lowest BCUT2D eigenvalue weighted by atomic mass is 10.0. The highest BCUT2D eigenvalue weighted by Crippen LogP contribution is 2.44. The van der Waals surface area contributed by atoms with Gasteiger partial charge in [0.05, 0.1) is 4.90 Å². The van der Waals surface area contributed by atoms with Crippen LogP contribution in [-0.4, -0.2) is 15.5 Å².